The van der Waals surface area contributed by atoms with Crippen molar-refractivity contribution in [2.45, 2.75) is 72.1 Å². The van der Waals surface area contributed by atoms with Crippen LogP contribution < -0.4 is 10.6 Å². The first-order chi connectivity index (χ1) is 11.9. The van der Waals surface area contributed by atoms with E-state index in [4.69, 9.17) is 4.99 Å². The zero-order valence-corrected chi connectivity index (χ0v) is 19.8. The van der Waals surface area contributed by atoms with Gasteiger partial charge in [0.15, 0.2) is 5.96 Å². The van der Waals surface area contributed by atoms with E-state index in [2.05, 4.69) is 55.1 Å². The Morgan fingerprint density at radius 3 is 2.31 bits per heavy atom. The van der Waals surface area contributed by atoms with Crippen molar-refractivity contribution in [2.24, 2.45) is 4.99 Å². The minimum atomic E-state index is -0.0879. The van der Waals surface area contributed by atoms with Gasteiger partial charge in [-0.3, -0.25) is 9.89 Å². The molecule has 0 bridgehead atoms. The highest BCUT2D eigenvalue weighted by atomic mass is 127. The highest BCUT2D eigenvalue weighted by molar-refractivity contribution is 14.0. The molecule has 0 radical (unpaired) electrons. The van der Waals surface area contributed by atoms with Gasteiger partial charge in [-0.2, -0.15) is 0 Å². The van der Waals surface area contributed by atoms with Crippen molar-refractivity contribution in [1.29, 1.82) is 0 Å². The molecule has 6 nitrogen and oxygen atoms in total. The third-order valence-corrected chi connectivity index (χ3v) is 4.79. The number of halogens is 1. The fraction of sp³-hybridized carbons (Fsp3) is 0.947. The number of hydrogen-bond acceptors (Lipinski definition) is 4. The SMILES string of the molecule is CCNC(=NCCCN1CCC(O)CC1)NCCN(C(C)C)C(C)C.I. The fourth-order valence-corrected chi connectivity index (χ4v) is 3.39. The number of piperidine rings is 1. The van der Waals surface area contributed by atoms with Gasteiger partial charge < -0.3 is 20.6 Å². The molecule has 1 heterocycles. The van der Waals surface area contributed by atoms with Crippen LogP contribution >= 0.6 is 24.0 Å². The summed E-state index contributed by atoms with van der Waals surface area (Å²) in [5.41, 5.74) is 0. The summed E-state index contributed by atoms with van der Waals surface area (Å²) in [6.07, 6.45) is 2.80. The van der Waals surface area contributed by atoms with Crippen molar-refractivity contribution in [2.75, 3.05) is 45.8 Å². The lowest BCUT2D eigenvalue weighted by Gasteiger charge is -2.30. The van der Waals surface area contributed by atoms with Crippen LogP contribution in [0.4, 0.5) is 0 Å². The molecular formula is C19H42IN5O. The Labute approximate surface area is 178 Å². The molecule has 1 rings (SSSR count). The molecule has 0 unspecified atom stereocenters. The number of aliphatic imine (C=N–C) groups is 1. The summed E-state index contributed by atoms with van der Waals surface area (Å²) >= 11 is 0. The monoisotopic (exact) mass is 483 g/mol. The van der Waals surface area contributed by atoms with E-state index in [1.165, 1.54) is 0 Å². The Bertz CT molecular complexity index is 363. The van der Waals surface area contributed by atoms with E-state index >= 15 is 0 Å². The zero-order chi connectivity index (χ0) is 18.7. The third kappa shape index (κ3) is 10.9. The Morgan fingerprint density at radius 2 is 1.77 bits per heavy atom. The van der Waals surface area contributed by atoms with Crippen LogP contribution in [0.15, 0.2) is 4.99 Å². The van der Waals surface area contributed by atoms with E-state index in [-0.39, 0.29) is 30.1 Å². The molecule has 1 saturated heterocycles. The van der Waals surface area contributed by atoms with Crippen LogP contribution in [-0.2, 0) is 0 Å². The van der Waals surface area contributed by atoms with Gasteiger partial charge >= 0.3 is 0 Å². The van der Waals surface area contributed by atoms with E-state index in [9.17, 15) is 5.11 Å². The van der Waals surface area contributed by atoms with Gasteiger partial charge in [0.25, 0.3) is 0 Å². The molecule has 7 heteroatoms. The predicted molar refractivity (Wildman–Crippen MR) is 123 cm³/mol. The first kappa shape index (κ1) is 25.9. The van der Waals surface area contributed by atoms with Crippen molar-refractivity contribution >= 4 is 29.9 Å². The molecule has 0 spiro atoms. The molecule has 0 aromatic heterocycles. The lowest BCUT2D eigenvalue weighted by molar-refractivity contribution is 0.0824. The van der Waals surface area contributed by atoms with Crippen molar-refractivity contribution in [1.82, 2.24) is 20.4 Å². The lowest BCUT2D eigenvalue weighted by atomic mass is 10.1. The van der Waals surface area contributed by atoms with Crippen LogP contribution in [0.25, 0.3) is 0 Å². The van der Waals surface area contributed by atoms with Crippen LogP contribution in [0.5, 0.6) is 0 Å². The molecule has 1 aliphatic heterocycles. The second kappa shape index (κ2) is 14.9. The quantitative estimate of drug-likeness (QED) is 0.192. The normalized spacial score (nSPS) is 17.0. The summed E-state index contributed by atoms with van der Waals surface area (Å²) in [5, 5.41) is 16.3. The van der Waals surface area contributed by atoms with Crippen molar-refractivity contribution in [3.8, 4) is 0 Å². The maximum Gasteiger partial charge on any atom is 0.191 e. The molecule has 1 fully saturated rings. The lowest BCUT2D eigenvalue weighted by Crippen LogP contribution is -2.45. The topological polar surface area (TPSA) is 63.1 Å². The van der Waals surface area contributed by atoms with Gasteiger partial charge in [0.05, 0.1) is 6.10 Å². The zero-order valence-electron chi connectivity index (χ0n) is 17.5. The number of nitrogens with zero attached hydrogens (tertiary/aromatic N) is 3. The Morgan fingerprint density at radius 1 is 1.15 bits per heavy atom. The Hall–Kier alpha value is -0.120. The minimum Gasteiger partial charge on any atom is -0.393 e. The van der Waals surface area contributed by atoms with Crippen LogP contribution in [-0.4, -0.2) is 84.9 Å². The summed E-state index contributed by atoms with van der Waals surface area (Å²) in [6.45, 7) is 17.9. The molecule has 0 aliphatic carbocycles. The van der Waals surface area contributed by atoms with Gasteiger partial charge in [-0.25, -0.2) is 0 Å². The van der Waals surface area contributed by atoms with Crippen molar-refractivity contribution in [3.05, 3.63) is 0 Å². The molecule has 0 amide bonds. The third-order valence-electron chi connectivity index (χ3n) is 4.79. The molecule has 156 valence electrons. The molecule has 0 aromatic carbocycles. The largest absolute Gasteiger partial charge is 0.393 e. The van der Waals surface area contributed by atoms with E-state index in [1.807, 2.05) is 0 Å². The van der Waals surface area contributed by atoms with E-state index in [0.717, 1.165) is 71.0 Å². The van der Waals surface area contributed by atoms with Gasteiger partial charge in [0, 0.05) is 51.4 Å². The molecule has 0 aromatic rings. The van der Waals surface area contributed by atoms with Crippen LogP contribution in [0, 0.1) is 0 Å². The van der Waals surface area contributed by atoms with Gasteiger partial charge in [0.1, 0.15) is 0 Å². The van der Waals surface area contributed by atoms with Crippen molar-refractivity contribution < 1.29 is 5.11 Å². The number of aliphatic hydroxyl groups excluding tert-OH is 1. The number of guanidine groups is 1. The number of nitrogens with one attached hydrogen (secondary N) is 2. The summed E-state index contributed by atoms with van der Waals surface area (Å²) in [5.74, 6) is 0.920. The van der Waals surface area contributed by atoms with Gasteiger partial charge in [-0.1, -0.05) is 0 Å². The smallest absolute Gasteiger partial charge is 0.191 e. The molecule has 26 heavy (non-hydrogen) atoms. The van der Waals surface area contributed by atoms with Crippen LogP contribution in [0.1, 0.15) is 53.9 Å². The second-order valence-corrected chi connectivity index (χ2v) is 7.54. The van der Waals surface area contributed by atoms with Crippen LogP contribution in [0.2, 0.25) is 0 Å². The molecule has 1 aliphatic rings. The highest BCUT2D eigenvalue weighted by Gasteiger charge is 2.16. The average Bonchev–Trinajstić information content (AvgIpc) is 2.56. The van der Waals surface area contributed by atoms with E-state index in [1.54, 1.807) is 0 Å². The van der Waals surface area contributed by atoms with Crippen molar-refractivity contribution in [3.63, 3.8) is 0 Å². The Balaban J connectivity index is 0.00000625. The highest BCUT2D eigenvalue weighted by Crippen LogP contribution is 2.09. The van der Waals surface area contributed by atoms with E-state index in [0.29, 0.717) is 12.1 Å². The molecule has 0 saturated carbocycles. The van der Waals surface area contributed by atoms with Gasteiger partial charge in [-0.05, 0) is 60.4 Å². The number of rotatable bonds is 10. The van der Waals surface area contributed by atoms with Gasteiger partial charge in [0.2, 0.25) is 0 Å². The standard InChI is InChI=1S/C19H41N5O.HI/c1-6-20-19(22-11-15-24(16(2)3)17(4)5)21-10-7-12-23-13-8-18(25)9-14-23;/h16-18,25H,6-15H2,1-5H3,(H2,20,21,22);1H. The first-order valence-electron chi connectivity index (χ1n) is 10.1. The second-order valence-electron chi connectivity index (χ2n) is 7.54. The summed E-state index contributed by atoms with van der Waals surface area (Å²) in [4.78, 5) is 9.62. The number of aliphatic hydroxyl groups is 1. The Kier molecular flexibility index (Phi) is 14.8. The predicted octanol–water partition coefficient (Wildman–Crippen LogP) is 2.13. The molecule has 3 N–H and O–H groups in total. The summed E-state index contributed by atoms with van der Waals surface area (Å²) in [6, 6.07) is 1.12. The number of likely N-dealkylation sites (tertiary alicyclic amines) is 1. The minimum absolute atomic E-state index is 0. The summed E-state index contributed by atoms with van der Waals surface area (Å²) < 4.78 is 0. The first-order valence-corrected chi connectivity index (χ1v) is 10.1. The summed E-state index contributed by atoms with van der Waals surface area (Å²) in [7, 11) is 0. The molecule has 0 atom stereocenters. The maximum absolute atomic E-state index is 9.55. The fourth-order valence-electron chi connectivity index (χ4n) is 3.39. The maximum atomic E-state index is 9.55. The van der Waals surface area contributed by atoms with Crippen LogP contribution in [0.3, 0.4) is 0 Å². The molecular weight excluding hydrogens is 441 g/mol. The van der Waals surface area contributed by atoms with E-state index < -0.39 is 0 Å². The number of hydrogen-bond donors (Lipinski definition) is 3. The average molecular weight is 483 g/mol. The van der Waals surface area contributed by atoms with Gasteiger partial charge in [-0.15, -0.1) is 24.0 Å².